The highest BCUT2D eigenvalue weighted by atomic mass is 35.5. The molecular weight excluding hydrogens is 342 g/mol. The SMILES string of the molecule is CC(C)[C@H](C(=O)N[C@H](C)C12CC3CC(CC(C3)C1)C2)c1ccc(Cl)cc1. The van der Waals surface area contributed by atoms with Crippen molar-refractivity contribution in [1.82, 2.24) is 5.32 Å². The summed E-state index contributed by atoms with van der Waals surface area (Å²) in [5.74, 6) is 3.09. The molecule has 0 unspecified atom stereocenters. The van der Waals surface area contributed by atoms with Crippen LogP contribution in [0.2, 0.25) is 5.02 Å². The van der Waals surface area contributed by atoms with Crippen molar-refractivity contribution >= 4 is 17.5 Å². The Kier molecular flexibility index (Phi) is 4.84. The first kappa shape index (κ1) is 18.3. The first-order valence-electron chi connectivity index (χ1n) is 10.4. The zero-order valence-corrected chi connectivity index (χ0v) is 17.1. The lowest BCUT2D eigenvalue weighted by molar-refractivity contribution is -0.128. The maximum atomic E-state index is 13.2. The van der Waals surface area contributed by atoms with Crippen LogP contribution in [0.3, 0.4) is 0 Å². The number of carbonyl (C=O) groups excluding carboxylic acids is 1. The summed E-state index contributed by atoms with van der Waals surface area (Å²) in [4.78, 5) is 13.2. The molecule has 2 nitrogen and oxygen atoms in total. The third-order valence-electron chi connectivity index (χ3n) is 7.54. The summed E-state index contributed by atoms with van der Waals surface area (Å²) in [5.41, 5.74) is 1.42. The summed E-state index contributed by atoms with van der Waals surface area (Å²) < 4.78 is 0. The first-order valence-corrected chi connectivity index (χ1v) is 10.8. The number of carbonyl (C=O) groups is 1. The number of amides is 1. The van der Waals surface area contributed by atoms with Gasteiger partial charge in [0, 0.05) is 11.1 Å². The lowest BCUT2D eigenvalue weighted by atomic mass is 9.48. The van der Waals surface area contributed by atoms with Crippen LogP contribution < -0.4 is 5.32 Å². The van der Waals surface area contributed by atoms with Crippen LogP contribution in [0.15, 0.2) is 24.3 Å². The van der Waals surface area contributed by atoms with Crippen molar-refractivity contribution < 1.29 is 4.79 Å². The van der Waals surface area contributed by atoms with Crippen molar-refractivity contribution in [2.45, 2.75) is 71.3 Å². The van der Waals surface area contributed by atoms with Gasteiger partial charge in [-0.05, 0) is 92.2 Å². The Morgan fingerprint density at radius 3 is 1.96 bits per heavy atom. The lowest BCUT2D eigenvalue weighted by Crippen LogP contribution is -2.56. The van der Waals surface area contributed by atoms with Gasteiger partial charge in [-0.15, -0.1) is 0 Å². The number of hydrogen-bond acceptors (Lipinski definition) is 1. The second-order valence-corrected chi connectivity index (χ2v) is 10.2. The predicted octanol–water partition coefficient (Wildman–Crippen LogP) is 5.80. The predicted molar refractivity (Wildman–Crippen MR) is 107 cm³/mol. The molecule has 0 saturated heterocycles. The summed E-state index contributed by atoms with van der Waals surface area (Å²) >= 11 is 6.04. The summed E-state index contributed by atoms with van der Waals surface area (Å²) in [7, 11) is 0. The minimum Gasteiger partial charge on any atom is -0.353 e. The fourth-order valence-electron chi connectivity index (χ4n) is 6.67. The maximum Gasteiger partial charge on any atom is 0.228 e. The number of nitrogens with one attached hydrogen (secondary N) is 1. The van der Waals surface area contributed by atoms with Gasteiger partial charge in [-0.1, -0.05) is 37.6 Å². The van der Waals surface area contributed by atoms with Gasteiger partial charge >= 0.3 is 0 Å². The van der Waals surface area contributed by atoms with E-state index >= 15 is 0 Å². The molecule has 0 spiro atoms. The summed E-state index contributed by atoms with van der Waals surface area (Å²) in [6, 6.07) is 8.06. The van der Waals surface area contributed by atoms with Crippen LogP contribution in [-0.4, -0.2) is 11.9 Å². The van der Waals surface area contributed by atoms with Crippen LogP contribution in [0.1, 0.15) is 70.8 Å². The van der Waals surface area contributed by atoms with Gasteiger partial charge in [0.1, 0.15) is 0 Å². The number of benzene rings is 1. The Morgan fingerprint density at radius 2 is 1.50 bits per heavy atom. The van der Waals surface area contributed by atoms with Gasteiger partial charge in [0.15, 0.2) is 0 Å². The molecule has 3 heteroatoms. The molecule has 4 fully saturated rings. The average Bonchev–Trinajstić information content (AvgIpc) is 2.55. The standard InChI is InChI=1S/C23H32ClNO/c1-14(2)21(19-4-6-20(24)7-5-19)22(26)25-15(3)23-11-16-8-17(12-23)10-18(9-16)13-23/h4-7,14-18,21H,8-13H2,1-3H3,(H,25,26)/t15-,16?,17?,18?,21+,23?/m1/s1. The normalized spacial score (nSPS) is 34.7. The molecule has 4 aliphatic carbocycles. The largest absolute Gasteiger partial charge is 0.353 e. The summed E-state index contributed by atoms with van der Waals surface area (Å²) in [5, 5.41) is 4.18. The maximum absolute atomic E-state index is 13.2. The minimum atomic E-state index is -0.108. The van der Waals surface area contributed by atoms with Gasteiger partial charge in [-0.2, -0.15) is 0 Å². The van der Waals surface area contributed by atoms with E-state index in [1.165, 1.54) is 38.5 Å². The van der Waals surface area contributed by atoms with Gasteiger partial charge in [0.25, 0.3) is 0 Å². The number of hydrogen-bond donors (Lipinski definition) is 1. The van der Waals surface area contributed by atoms with Gasteiger partial charge < -0.3 is 5.32 Å². The molecule has 0 aromatic heterocycles. The molecule has 4 aliphatic rings. The van der Waals surface area contributed by atoms with Gasteiger partial charge in [0.2, 0.25) is 5.91 Å². The molecule has 1 aromatic rings. The molecule has 2 atom stereocenters. The van der Waals surface area contributed by atoms with Crippen molar-refractivity contribution in [3.8, 4) is 0 Å². The third-order valence-corrected chi connectivity index (χ3v) is 7.79. The van der Waals surface area contributed by atoms with Crippen LogP contribution in [-0.2, 0) is 4.79 Å². The van der Waals surface area contributed by atoms with Crippen LogP contribution >= 0.6 is 11.6 Å². The lowest BCUT2D eigenvalue weighted by Gasteiger charge is -2.59. The Bertz CT molecular complexity index is 630. The van der Waals surface area contributed by atoms with E-state index in [2.05, 4.69) is 26.1 Å². The summed E-state index contributed by atoms with van der Waals surface area (Å²) in [6.45, 7) is 6.53. The van der Waals surface area contributed by atoms with Crippen LogP contribution in [0, 0.1) is 29.1 Å². The molecule has 1 N–H and O–H groups in total. The van der Waals surface area contributed by atoms with E-state index in [9.17, 15) is 4.79 Å². The highest BCUT2D eigenvalue weighted by Crippen LogP contribution is 2.61. The highest BCUT2D eigenvalue weighted by Gasteiger charge is 2.53. The molecule has 142 valence electrons. The van der Waals surface area contributed by atoms with E-state index in [0.717, 1.165) is 28.3 Å². The van der Waals surface area contributed by atoms with Gasteiger partial charge in [-0.25, -0.2) is 0 Å². The summed E-state index contributed by atoms with van der Waals surface area (Å²) in [6.07, 6.45) is 8.31. The third kappa shape index (κ3) is 3.30. The second kappa shape index (κ2) is 6.86. The molecule has 0 heterocycles. The molecule has 0 radical (unpaired) electrons. The van der Waals surface area contributed by atoms with E-state index in [4.69, 9.17) is 11.6 Å². The molecule has 26 heavy (non-hydrogen) atoms. The monoisotopic (exact) mass is 373 g/mol. The molecule has 0 aliphatic heterocycles. The quantitative estimate of drug-likeness (QED) is 0.694. The molecule has 5 rings (SSSR count). The molecular formula is C23H32ClNO. The Balaban J connectivity index is 1.50. The minimum absolute atomic E-state index is 0.108. The molecule has 1 aromatic carbocycles. The first-order chi connectivity index (χ1) is 12.4. The smallest absolute Gasteiger partial charge is 0.228 e. The van der Waals surface area contributed by atoms with Crippen LogP contribution in [0.25, 0.3) is 0 Å². The highest BCUT2D eigenvalue weighted by molar-refractivity contribution is 6.30. The van der Waals surface area contributed by atoms with Crippen LogP contribution in [0.4, 0.5) is 0 Å². The Hall–Kier alpha value is -1.02. The van der Waals surface area contributed by atoms with E-state index in [1.807, 2.05) is 24.3 Å². The zero-order chi connectivity index (χ0) is 18.5. The fourth-order valence-corrected chi connectivity index (χ4v) is 6.80. The Labute approximate surface area is 163 Å². The number of rotatable bonds is 5. The van der Waals surface area contributed by atoms with Crippen LogP contribution in [0.5, 0.6) is 0 Å². The van der Waals surface area contributed by atoms with Crippen molar-refractivity contribution in [3.05, 3.63) is 34.9 Å². The van der Waals surface area contributed by atoms with E-state index < -0.39 is 0 Å². The molecule has 4 saturated carbocycles. The van der Waals surface area contributed by atoms with E-state index in [1.54, 1.807) is 0 Å². The van der Waals surface area contributed by atoms with Crippen molar-refractivity contribution in [3.63, 3.8) is 0 Å². The van der Waals surface area contributed by atoms with E-state index in [-0.39, 0.29) is 23.8 Å². The van der Waals surface area contributed by atoms with E-state index in [0.29, 0.717) is 5.41 Å². The molecule has 1 amide bonds. The van der Waals surface area contributed by atoms with Crippen molar-refractivity contribution in [1.29, 1.82) is 0 Å². The molecule has 4 bridgehead atoms. The Morgan fingerprint density at radius 1 is 1.00 bits per heavy atom. The van der Waals surface area contributed by atoms with Gasteiger partial charge in [0.05, 0.1) is 5.92 Å². The zero-order valence-electron chi connectivity index (χ0n) is 16.3. The van der Waals surface area contributed by atoms with Gasteiger partial charge in [-0.3, -0.25) is 4.79 Å². The topological polar surface area (TPSA) is 29.1 Å². The van der Waals surface area contributed by atoms with Crippen molar-refractivity contribution in [2.24, 2.45) is 29.1 Å². The fraction of sp³-hybridized carbons (Fsp3) is 0.696. The number of halogens is 1. The second-order valence-electron chi connectivity index (χ2n) is 9.78. The average molecular weight is 374 g/mol. The van der Waals surface area contributed by atoms with Crippen molar-refractivity contribution in [2.75, 3.05) is 0 Å².